The number of nitrogens with two attached hydrogens (primary N) is 1. The van der Waals surface area contributed by atoms with Crippen LogP contribution in [0.4, 0.5) is 5.69 Å². The number of rotatable bonds is 5. The molecule has 1 aromatic rings. The molecule has 0 aromatic heterocycles. The molecular formula is C14H19N3O3. The molecule has 1 saturated carbocycles. The highest BCUT2D eigenvalue weighted by atomic mass is 16.6. The number of nitrogens with zero attached hydrogens (tertiary/aromatic N) is 1. The Hall–Kier alpha value is -1.95. The first-order chi connectivity index (χ1) is 9.56. The van der Waals surface area contributed by atoms with Gasteiger partial charge in [-0.15, -0.1) is 0 Å². The number of nitro benzene ring substituents is 1. The van der Waals surface area contributed by atoms with E-state index in [0.717, 1.165) is 25.7 Å². The molecule has 0 saturated heterocycles. The van der Waals surface area contributed by atoms with Gasteiger partial charge in [-0.2, -0.15) is 0 Å². The van der Waals surface area contributed by atoms with Gasteiger partial charge in [0.2, 0.25) is 5.91 Å². The third kappa shape index (κ3) is 3.14. The Kier molecular flexibility index (Phi) is 4.34. The number of carbonyl (C=O) groups excluding carboxylic acids is 1. The lowest BCUT2D eigenvalue weighted by Crippen LogP contribution is -2.52. The van der Waals surface area contributed by atoms with Crippen LogP contribution in [0, 0.1) is 10.1 Å². The summed E-state index contributed by atoms with van der Waals surface area (Å²) in [5, 5.41) is 13.9. The molecule has 1 fully saturated rings. The quantitative estimate of drug-likeness (QED) is 0.629. The minimum absolute atomic E-state index is 0.0128. The highest BCUT2D eigenvalue weighted by Crippen LogP contribution is 2.29. The van der Waals surface area contributed by atoms with Gasteiger partial charge in [0.15, 0.2) is 0 Å². The summed E-state index contributed by atoms with van der Waals surface area (Å²) in [6.45, 7) is 0.412. The van der Waals surface area contributed by atoms with Gasteiger partial charge in [0, 0.05) is 18.2 Å². The van der Waals surface area contributed by atoms with Crippen LogP contribution >= 0.6 is 0 Å². The van der Waals surface area contributed by atoms with E-state index in [2.05, 4.69) is 5.32 Å². The average molecular weight is 277 g/mol. The van der Waals surface area contributed by atoms with Crippen LogP contribution in [0.15, 0.2) is 24.3 Å². The molecule has 20 heavy (non-hydrogen) atoms. The zero-order valence-corrected chi connectivity index (χ0v) is 11.3. The van der Waals surface area contributed by atoms with E-state index < -0.39 is 4.92 Å². The van der Waals surface area contributed by atoms with E-state index in [1.165, 1.54) is 6.07 Å². The molecule has 0 spiro atoms. The SMILES string of the molecule is NCC1(NC(=O)Cc2ccccc2[N+](=O)[O-])CCCC1. The van der Waals surface area contributed by atoms with Gasteiger partial charge in [0.05, 0.1) is 16.9 Å². The van der Waals surface area contributed by atoms with Crippen molar-refractivity contribution in [1.82, 2.24) is 5.32 Å². The Morgan fingerprint density at radius 1 is 1.35 bits per heavy atom. The maximum atomic E-state index is 12.1. The molecule has 1 aliphatic carbocycles. The van der Waals surface area contributed by atoms with Crippen molar-refractivity contribution < 1.29 is 9.72 Å². The van der Waals surface area contributed by atoms with Gasteiger partial charge in [-0.25, -0.2) is 0 Å². The number of para-hydroxylation sites is 1. The fraction of sp³-hybridized carbons (Fsp3) is 0.500. The fourth-order valence-electron chi connectivity index (χ4n) is 2.78. The summed E-state index contributed by atoms with van der Waals surface area (Å²) in [5.41, 5.74) is 5.86. The normalized spacial score (nSPS) is 16.9. The number of hydrogen-bond donors (Lipinski definition) is 2. The van der Waals surface area contributed by atoms with Gasteiger partial charge in [0.1, 0.15) is 0 Å². The average Bonchev–Trinajstić information content (AvgIpc) is 2.88. The lowest BCUT2D eigenvalue weighted by Gasteiger charge is -2.28. The molecule has 3 N–H and O–H groups in total. The summed E-state index contributed by atoms with van der Waals surface area (Å²) in [7, 11) is 0. The largest absolute Gasteiger partial charge is 0.349 e. The molecular weight excluding hydrogens is 258 g/mol. The van der Waals surface area contributed by atoms with Crippen LogP contribution in [-0.2, 0) is 11.2 Å². The first kappa shape index (κ1) is 14.5. The van der Waals surface area contributed by atoms with E-state index >= 15 is 0 Å². The van der Waals surface area contributed by atoms with E-state index in [9.17, 15) is 14.9 Å². The van der Waals surface area contributed by atoms with Gasteiger partial charge < -0.3 is 11.1 Å². The summed E-state index contributed by atoms with van der Waals surface area (Å²) >= 11 is 0. The zero-order valence-electron chi connectivity index (χ0n) is 11.3. The third-order valence-corrected chi connectivity index (χ3v) is 3.90. The maximum Gasteiger partial charge on any atom is 0.273 e. The van der Waals surface area contributed by atoms with E-state index in [4.69, 9.17) is 5.73 Å². The monoisotopic (exact) mass is 277 g/mol. The minimum atomic E-state index is -0.461. The molecule has 0 unspecified atom stereocenters. The van der Waals surface area contributed by atoms with Crippen molar-refractivity contribution >= 4 is 11.6 Å². The maximum absolute atomic E-state index is 12.1. The van der Waals surface area contributed by atoms with Gasteiger partial charge in [0.25, 0.3) is 5.69 Å². The topological polar surface area (TPSA) is 98.3 Å². The highest BCUT2D eigenvalue weighted by molar-refractivity contribution is 5.80. The Balaban J connectivity index is 2.07. The predicted octanol–water partition coefficient (Wildman–Crippen LogP) is 1.52. The third-order valence-electron chi connectivity index (χ3n) is 3.90. The number of benzene rings is 1. The van der Waals surface area contributed by atoms with Crippen LogP contribution in [0.25, 0.3) is 0 Å². The summed E-state index contributed by atoms with van der Waals surface area (Å²) < 4.78 is 0. The summed E-state index contributed by atoms with van der Waals surface area (Å²) in [4.78, 5) is 22.6. The van der Waals surface area contributed by atoms with E-state index in [1.807, 2.05) is 0 Å². The van der Waals surface area contributed by atoms with Gasteiger partial charge in [-0.3, -0.25) is 14.9 Å². The second kappa shape index (κ2) is 6.00. The molecule has 108 valence electrons. The molecule has 1 amide bonds. The second-order valence-corrected chi connectivity index (χ2v) is 5.30. The summed E-state index contributed by atoms with van der Waals surface area (Å²) in [6, 6.07) is 6.32. The van der Waals surface area contributed by atoms with E-state index in [0.29, 0.717) is 12.1 Å². The number of hydrogen-bond acceptors (Lipinski definition) is 4. The molecule has 1 aromatic carbocycles. The Bertz CT molecular complexity index is 510. The summed E-state index contributed by atoms with van der Waals surface area (Å²) in [6.07, 6.45) is 3.89. The number of nitro groups is 1. The smallest absolute Gasteiger partial charge is 0.273 e. The zero-order chi connectivity index (χ0) is 14.6. The first-order valence-corrected chi connectivity index (χ1v) is 6.80. The van der Waals surface area contributed by atoms with Crippen molar-refractivity contribution in [2.75, 3.05) is 6.54 Å². The van der Waals surface area contributed by atoms with Crippen molar-refractivity contribution in [2.24, 2.45) is 5.73 Å². The lowest BCUT2D eigenvalue weighted by atomic mass is 9.97. The van der Waals surface area contributed by atoms with Gasteiger partial charge in [-0.1, -0.05) is 31.0 Å². The van der Waals surface area contributed by atoms with Crippen molar-refractivity contribution in [3.05, 3.63) is 39.9 Å². The Morgan fingerprint density at radius 3 is 2.60 bits per heavy atom. The standard InChI is InChI=1S/C14H19N3O3/c15-10-14(7-3-4-8-14)16-13(18)9-11-5-1-2-6-12(11)17(19)20/h1-2,5-6H,3-4,7-10,15H2,(H,16,18). The molecule has 0 bridgehead atoms. The Morgan fingerprint density at radius 2 is 2.00 bits per heavy atom. The fourth-order valence-corrected chi connectivity index (χ4v) is 2.78. The molecule has 0 aliphatic heterocycles. The number of amides is 1. The molecule has 1 aliphatic rings. The van der Waals surface area contributed by atoms with Crippen LogP contribution < -0.4 is 11.1 Å². The van der Waals surface area contributed by atoms with Crippen LogP contribution in [0.5, 0.6) is 0 Å². The number of carbonyl (C=O) groups is 1. The number of nitrogens with one attached hydrogen (secondary N) is 1. The summed E-state index contributed by atoms with van der Waals surface area (Å²) in [5.74, 6) is -0.202. The minimum Gasteiger partial charge on any atom is -0.349 e. The molecule has 2 rings (SSSR count). The van der Waals surface area contributed by atoms with Crippen LogP contribution in [0.1, 0.15) is 31.2 Å². The predicted molar refractivity (Wildman–Crippen MR) is 75.2 cm³/mol. The van der Waals surface area contributed by atoms with Crippen LogP contribution in [-0.4, -0.2) is 22.9 Å². The van der Waals surface area contributed by atoms with Gasteiger partial charge >= 0.3 is 0 Å². The molecule has 0 heterocycles. The van der Waals surface area contributed by atoms with Crippen molar-refractivity contribution in [3.63, 3.8) is 0 Å². The van der Waals surface area contributed by atoms with E-state index in [-0.39, 0.29) is 23.6 Å². The first-order valence-electron chi connectivity index (χ1n) is 6.80. The molecule has 6 nitrogen and oxygen atoms in total. The lowest BCUT2D eigenvalue weighted by molar-refractivity contribution is -0.385. The van der Waals surface area contributed by atoms with E-state index in [1.54, 1.807) is 18.2 Å². The van der Waals surface area contributed by atoms with Crippen LogP contribution in [0.3, 0.4) is 0 Å². The van der Waals surface area contributed by atoms with Crippen molar-refractivity contribution in [2.45, 2.75) is 37.6 Å². The molecule has 0 atom stereocenters. The van der Waals surface area contributed by atoms with Gasteiger partial charge in [-0.05, 0) is 12.8 Å². The second-order valence-electron chi connectivity index (χ2n) is 5.30. The van der Waals surface area contributed by atoms with Crippen LogP contribution in [0.2, 0.25) is 0 Å². The highest BCUT2D eigenvalue weighted by Gasteiger charge is 2.34. The van der Waals surface area contributed by atoms with Crippen molar-refractivity contribution in [3.8, 4) is 0 Å². The van der Waals surface area contributed by atoms with Crippen molar-refractivity contribution in [1.29, 1.82) is 0 Å². The molecule has 6 heteroatoms. The molecule has 0 radical (unpaired) electrons. The Labute approximate surface area is 117 Å².